The number of benzene rings is 3. The molecule has 0 radical (unpaired) electrons. The standard InChI is InChI=1S/C33H32FN6O3S.BrH/c1-20-12-26(13-21(2)30(20)36)32(43-23(4)41)39-18-37-40(19-39)17-33(42,27-6-5-7-28(34)14-27)22(3)31-38-29(16-44-31)25-10-8-24(15-35)9-11-25;/h5-14,16,18-19,22,32,42H,17,36H2,1-4H3;1H/q+1;/p-1. The van der Waals surface area contributed by atoms with Crippen molar-refractivity contribution in [2.24, 2.45) is 0 Å². The summed E-state index contributed by atoms with van der Waals surface area (Å²) in [6, 6.07) is 18.8. The van der Waals surface area contributed by atoms with E-state index in [4.69, 9.17) is 20.7 Å². The number of esters is 1. The highest BCUT2D eigenvalue weighted by Crippen LogP contribution is 2.40. The van der Waals surface area contributed by atoms with Gasteiger partial charge >= 0.3 is 5.97 Å². The van der Waals surface area contributed by atoms with Gasteiger partial charge in [-0.05, 0) is 66.9 Å². The molecule has 0 saturated carbocycles. The lowest BCUT2D eigenvalue weighted by atomic mass is 9.82. The molecule has 0 aliphatic rings. The molecule has 3 atom stereocenters. The predicted molar refractivity (Wildman–Crippen MR) is 164 cm³/mol. The van der Waals surface area contributed by atoms with Gasteiger partial charge in [-0.15, -0.1) is 16.0 Å². The predicted octanol–water partition coefficient (Wildman–Crippen LogP) is 2.31. The first-order valence-corrected chi connectivity index (χ1v) is 14.8. The third-order valence-corrected chi connectivity index (χ3v) is 8.72. The van der Waals surface area contributed by atoms with E-state index in [0.29, 0.717) is 33.1 Å². The third kappa shape index (κ3) is 7.12. The lowest BCUT2D eigenvalue weighted by Crippen LogP contribution is -3.00. The minimum Gasteiger partial charge on any atom is -1.00 e. The molecule has 3 unspecified atom stereocenters. The lowest BCUT2D eigenvalue weighted by molar-refractivity contribution is -0.747. The molecular weight excluding hydrogens is 659 g/mol. The number of thiazole rings is 1. The van der Waals surface area contributed by atoms with Gasteiger partial charge in [0.15, 0.2) is 0 Å². The number of rotatable bonds is 9. The molecule has 0 aliphatic heterocycles. The summed E-state index contributed by atoms with van der Waals surface area (Å²) in [7, 11) is 0. The maximum Gasteiger partial charge on any atom is 0.305 e. The van der Waals surface area contributed by atoms with E-state index < -0.39 is 29.5 Å². The second-order valence-corrected chi connectivity index (χ2v) is 11.7. The minimum atomic E-state index is -1.63. The highest BCUT2D eigenvalue weighted by Gasteiger charge is 2.42. The number of aliphatic hydroxyl groups is 1. The van der Waals surface area contributed by atoms with Gasteiger partial charge in [0.2, 0.25) is 6.33 Å². The van der Waals surface area contributed by atoms with Crippen LogP contribution in [0.15, 0.2) is 78.7 Å². The van der Waals surface area contributed by atoms with Crippen LogP contribution in [-0.2, 0) is 21.7 Å². The molecule has 3 aromatic carbocycles. The van der Waals surface area contributed by atoms with Crippen molar-refractivity contribution >= 4 is 23.0 Å². The molecule has 45 heavy (non-hydrogen) atoms. The molecule has 0 spiro atoms. The topological polar surface area (TPSA) is 131 Å². The molecule has 9 nitrogen and oxygen atoms in total. The number of nitrogens with two attached hydrogens (primary N) is 1. The molecule has 5 aromatic rings. The van der Waals surface area contributed by atoms with Crippen LogP contribution in [0.25, 0.3) is 11.3 Å². The highest BCUT2D eigenvalue weighted by molar-refractivity contribution is 7.10. The van der Waals surface area contributed by atoms with Gasteiger partial charge in [-0.3, -0.25) is 4.79 Å². The first-order valence-electron chi connectivity index (χ1n) is 13.9. The molecule has 0 saturated heterocycles. The van der Waals surface area contributed by atoms with E-state index >= 15 is 0 Å². The number of carbonyl (C=O) groups is 1. The first-order chi connectivity index (χ1) is 21.0. The van der Waals surface area contributed by atoms with Crippen LogP contribution in [0.3, 0.4) is 0 Å². The van der Waals surface area contributed by atoms with Gasteiger partial charge in [0, 0.05) is 40.1 Å². The van der Waals surface area contributed by atoms with E-state index in [1.165, 1.54) is 41.4 Å². The number of hydrogen-bond acceptors (Lipinski definition) is 8. The van der Waals surface area contributed by atoms with Gasteiger partial charge in [-0.25, -0.2) is 9.37 Å². The number of ether oxygens (including phenoxy) is 1. The van der Waals surface area contributed by atoms with Crippen LogP contribution < -0.4 is 27.3 Å². The van der Waals surface area contributed by atoms with E-state index in [1.54, 1.807) is 35.2 Å². The zero-order chi connectivity index (χ0) is 31.6. The molecule has 5 rings (SSSR count). The van der Waals surface area contributed by atoms with Gasteiger partial charge < -0.3 is 32.6 Å². The second-order valence-electron chi connectivity index (χ2n) is 10.8. The van der Waals surface area contributed by atoms with Crippen molar-refractivity contribution in [2.45, 2.75) is 52.0 Å². The Balaban J connectivity index is 0.00000461. The monoisotopic (exact) mass is 690 g/mol. The number of halogens is 2. The Kier molecular flexibility index (Phi) is 10.2. The maximum absolute atomic E-state index is 14.5. The number of aromatic nitrogens is 4. The zero-order valence-corrected chi connectivity index (χ0v) is 27.5. The molecule has 0 amide bonds. The Morgan fingerprint density at radius 1 is 1.20 bits per heavy atom. The minimum absolute atomic E-state index is 0. The van der Waals surface area contributed by atoms with Crippen molar-refractivity contribution in [1.82, 2.24) is 14.8 Å². The molecule has 2 aromatic heterocycles. The van der Waals surface area contributed by atoms with Crippen LogP contribution in [0.2, 0.25) is 0 Å². The SMILES string of the molecule is CC(=O)OC(c1cc(C)c(N)c(C)c1)[n+]1cnn(CC(O)(c2cccc(F)c2)C(C)c2nc(-c3ccc(C#N)cc3)cs2)c1.[Br-]. The van der Waals surface area contributed by atoms with Crippen LogP contribution >= 0.6 is 11.3 Å². The van der Waals surface area contributed by atoms with Gasteiger partial charge in [-0.2, -0.15) is 9.83 Å². The second kappa shape index (κ2) is 13.7. The quantitative estimate of drug-likeness (QED) is 0.138. The summed E-state index contributed by atoms with van der Waals surface area (Å²) in [6.07, 6.45) is 2.32. The van der Waals surface area contributed by atoms with Gasteiger partial charge in [-0.1, -0.05) is 31.2 Å². The zero-order valence-electron chi connectivity index (χ0n) is 25.1. The summed E-state index contributed by atoms with van der Waals surface area (Å²) >= 11 is 1.38. The van der Waals surface area contributed by atoms with Crippen molar-refractivity contribution in [3.63, 3.8) is 0 Å². The maximum atomic E-state index is 14.5. The van der Waals surface area contributed by atoms with Crippen molar-refractivity contribution in [3.8, 4) is 17.3 Å². The first kappa shape index (κ1) is 33.5. The summed E-state index contributed by atoms with van der Waals surface area (Å²) in [5.74, 6) is -1.54. The summed E-state index contributed by atoms with van der Waals surface area (Å²) < 4.78 is 23.3. The fourth-order valence-electron chi connectivity index (χ4n) is 5.17. The molecule has 0 fully saturated rings. The van der Waals surface area contributed by atoms with Crippen LogP contribution in [0, 0.1) is 31.0 Å². The summed E-state index contributed by atoms with van der Waals surface area (Å²) in [5, 5.41) is 28.5. The Morgan fingerprint density at radius 3 is 2.51 bits per heavy atom. The van der Waals surface area contributed by atoms with E-state index in [0.717, 1.165) is 16.7 Å². The number of hydrogen-bond donors (Lipinski definition) is 2. The number of nitrogen functional groups attached to an aromatic ring is 1. The van der Waals surface area contributed by atoms with Crippen LogP contribution in [0.5, 0.6) is 0 Å². The van der Waals surface area contributed by atoms with Gasteiger partial charge in [0.25, 0.3) is 12.6 Å². The fraction of sp³-hybridized carbons (Fsp3) is 0.242. The highest BCUT2D eigenvalue weighted by atomic mass is 79.9. The Bertz CT molecular complexity index is 1850. The Labute approximate surface area is 275 Å². The average molecular weight is 692 g/mol. The third-order valence-electron chi connectivity index (χ3n) is 7.70. The molecule has 3 N–H and O–H groups in total. The number of aryl methyl sites for hydroxylation is 2. The van der Waals surface area contributed by atoms with Gasteiger partial charge in [0.05, 0.1) is 22.3 Å². The molecule has 232 valence electrons. The van der Waals surface area contributed by atoms with Crippen molar-refractivity contribution in [2.75, 3.05) is 5.73 Å². The molecule has 0 bridgehead atoms. The van der Waals surface area contributed by atoms with Crippen molar-refractivity contribution in [3.05, 3.63) is 117 Å². The van der Waals surface area contributed by atoms with Gasteiger partial charge in [0.1, 0.15) is 18.0 Å². The average Bonchev–Trinajstić information content (AvgIpc) is 3.68. The number of nitriles is 1. The van der Waals surface area contributed by atoms with Crippen LogP contribution in [0.4, 0.5) is 10.1 Å². The number of carbonyl (C=O) groups excluding carboxylic acids is 1. The van der Waals surface area contributed by atoms with Crippen molar-refractivity contribution in [1.29, 1.82) is 5.26 Å². The molecule has 12 heteroatoms. The van der Waals surface area contributed by atoms with Crippen molar-refractivity contribution < 1.29 is 40.6 Å². The van der Waals surface area contributed by atoms with Crippen LogP contribution in [0.1, 0.15) is 58.8 Å². The Hall–Kier alpha value is -4.44. The van der Waals surface area contributed by atoms with E-state index in [9.17, 15) is 14.3 Å². The van der Waals surface area contributed by atoms with E-state index in [1.807, 2.05) is 50.4 Å². The largest absolute Gasteiger partial charge is 1.00 e. The summed E-state index contributed by atoms with van der Waals surface area (Å²) in [6.45, 7) is 6.89. The summed E-state index contributed by atoms with van der Waals surface area (Å²) in [4.78, 5) is 16.9. The van der Waals surface area contributed by atoms with Crippen LogP contribution in [-0.4, -0.2) is 25.8 Å². The lowest BCUT2D eigenvalue weighted by Gasteiger charge is -2.31. The molecule has 0 aliphatic carbocycles. The normalized spacial score (nSPS) is 13.6. The number of nitrogens with zero attached hydrogens (tertiary/aromatic N) is 5. The van der Waals surface area contributed by atoms with E-state index in [2.05, 4.69) is 11.2 Å². The molecule has 2 heterocycles. The summed E-state index contributed by atoms with van der Waals surface area (Å²) in [5.41, 5.74) is 10.1. The fourth-order valence-corrected chi connectivity index (χ4v) is 6.14. The Morgan fingerprint density at radius 2 is 1.89 bits per heavy atom. The number of anilines is 1. The molecular formula is C33H32BrFN6O3S. The smallest absolute Gasteiger partial charge is 0.305 e. The van der Waals surface area contributed by atoms with E-state index in [-0.39, 0.29) is 23.5 Å².